The van der Waals surface area contributed by atoms with Gasteiger partial charge in [-0.05, 0) is 53.2 Å². The minimum Gasteiger partial charge on any atom is -0.311 e. The van der Waals surface area contributed by atoms with E-state index in [1.807, 2.05) is 41.5 Å². The zero-order chi connectivity index (χ0) is 19.7. The molecule has 0 atom stereocenters. The van der Waals surface area contributed by atoms with E-state index < -0.39 is 0 Å². The van der Waals surface area contributed by atoms with E-state index in [0.717, 1.165) is 51.5 Å². The van der Waals surface area contributed by atoms with Crippen LogP contribution in [0, 0.1) is 18.3 Å². The van der Waals surface area contributed by atoms with Crippen molar-refractivity contribution >= 4 is 44.5 Å². The zero-order valence-corrected chi connectivity index (χ0v) is 17.9. The number of aromatic nitrogens is 2. The summed E-state index contributed by atoms with van der Waals surface area (Å²) in [7, 11) is 0. The number of pyridine rings is 1. The minimum absolute atomic E-state index is 0.108. The van der Waals surface area contributed by atoms with Crippen LogP contribution in [0.5, 0.6) is 0 Å². The molecular weight excluding hydrogens is 436 g/mol. The molecule has 0 amide bonds. The smallest absolute Gasteiger partial charge is 0.180 e. The molecule has 1 aromatic carbocycles. The second-order valence-corrected chi connectivity index (χ2v) is 8.93. The molecule has 1 fully saturated rings. The summed E-state index contributed by atoms with van der Waals surface area (Å²) >= 11 is 5.43. The number of nitriles is 1. The summed E-state index contributed by atoms with van der Waals surface area (Å²) in [6.07, 6.45) is 1.74. The highest BCUT2D eigenvalue weighted by Gasteiger charge is 2.24. The van der Waals surface area contributed by atoms with Gasteiger partial charge >= 0.3 is 0 Å². The molecule has 0 saturated carbocycles. The summed E-state index contributed by atoms with van der Waals surface area (Å²) in [5.74, 6) is 2.26. The lowest BCUT2D eigenvalue weighted by Gasteiger charge is -2.25. The Kier molecular flexibility index (Phi) is 5.54. The van der Waals surface area contributed by atoms with Gasteiger partial charge in [-0.25, -0.2) is 0 Å². The Morgan fingerprint density at radius 1 is 1.29 bits per heavy atom. The molecule has 0 unspecified atom stereocenters. The predicted octanol–water partition coefficient (Wildman–Crippen LogP) is 4.20. The molecule has 0 bridgehead atoms. The number of nitrogens with zero attached hydrogens (tertiary/aromatic N) is 4. The fraction of sp³-hybridized carbons (Fsp3) is 0.286. The number of hydrogen-bond acceptors (Lipinski definition) is 5. The number of benzene rings is 1. The molecule has 0 radical (unpaired) electrons. The maximum atomic E-state index is 13.2. The first-order chi connectivity index (χ1) is 13.6. The molecule has 7 heteroatoms. The fourth-order valence-electron chi connectivity index (χ4n) is 3.65. The molecule has 1 saturated heterocycles. The van der Waals surface area contributed by atoms with Crippen molar-refractivity contribution < 1.29 is 4.79 Å². The summed E-state index contributed by atoms with van der Waals surface area (Å²) < 4.78 is 2.91. The first kappa shape index (κ1) is 19.2. The highest BCUT2D eigenvalue weighted by molar-refractivity contribution is 9.10. The molecular formula is C21H19BrN4OS. The topological polar surface area (TPSA) is 61.9 Å². The molecule has 5 nitrogen and oxygen atoms in total. The van der Waals surface area contributed by atoms with Gasteiger partial charge in [-0.1, -0.05) is 0 Å². The predicted molar refractivity (Wildman–Crippen MR) is 116 cm³/mol. The molecule has 2 aromatic heterocycles. The van der Waals surface area contributed by atoms with Crippen molar-refractivity contribution in [2.45, 2.75) is 6.92 Å². The minimum atomic E-state index is 0.108. The molecule has 3 aromatic rings. The highest BCUT2D eigenvalue weighted by Crippen LogP contribution is 2.30. The Morgan fingerprint density at radius 2 is 2.00 bits per heavy atom. The van der Waals surface area contributed by atoms with Gasteiger partial charge in [0.05, 0.1) is 34.8 Å². The quantitative estimate of drug-likeness (QED) is 0.552. The Morgan fingerprint density at radius 3 is 2.68 bits per heavy atom. The number of thioether (sulfide) groups is 1. The van der Waals surface area contributed by atoms with Gasteiger partial charge in [0.2, 0.25) is 0 Å². The van der Waals surface area contributed by atoms with E-state index in [4.69, 9.17) is 5.26 Å². The van der Waals surface area contributed by atoms with Crippen molar-refractivity contribution in [1.29, 1.82) is 5.26 Å². The SMILES string of the molecule is Cc1c(C(=O)CN2CCSCC2)c2ncc(Br)cc2n1-c1ccc(C#N)cc1. The van der Waals surface area contributed by atoms with Crippen molar-refractivity contribution in [3.05, 3.63) is 57.8 Å². The molecule has 142 valence electrons. The van der Waals surface area contributed by atoms with Crippen LogP contribution in [0.25, 0.3) is 16.7 Å². The van der Waals surface area contributed by atoms with Crippen LogP contribution in [0.3, 0.4) is 0 Å². The van der Waals surface area contributed by atoms with E-state index in [0.29, 0.717) is 17.7 Å². The standard InChI is InChI=1S/C21H19BrN4OS/c1-14-20(19(27)13-25-6-8-28-9-7-25)21-18(10-16(22)12-24-21)26(14)17-4-2-15(11-23)3-5-17/h2-5,10,12H,6-9,13H2,1H3. The van der Waals surface area contributed by atoms with Crippen LogP contribution in [0.2, 0.25) is 0 Å². The number of ketones is 1. The summed E-state index contributed by atoms with van der Waals surface area (Å²) in [6, 6.07) is 11.5. The summed E-state index contributed by atoms with van der Waals surface area (Å²) in [5, 5.41) is 9.07. The van der Waals surface area contributed by atoms with Gasteiger partial charge in [-0.15, -0.1) is 0 Å². The summed E-state index contributed by atoms with van der Waals surface area (Å²) in [4.78, 5) is 20.0. The zero-order valence-electron chi connectivity index (χ0n) is 15.5. The highest BCUT2D eigenvalue weighted by atomic mass is 79.9. The van der Waals surface area contributed by atoms with Crippen LogP contribution >= 0.6 is 27.7 Å². The normalized spacial score (nSPS) is 14.9. The van der Waals surface area contributed by atoms with Gasteiger partial charge in [-0.2, -0.15) is 17.0 Å². The van der Waals surface area contributed by atoms with Gasteiger partial charge in [0.15, 0.2) is 5.78 Å². The lowest BCUT2D eigenvalue weighted by molar-refractivity contribution is 0.0938. The second-order valence-electron chi connectivity index (χ2n) is 6.79. The molecule has 3 heterocycles. The molecule has 0 spiro atoms. The van der Waals surface area contributed by atoms with Crippen molar-refractivity contribution in [3.63, 3.8) is 0 Å². The van der Waals surface area contributed by atoms with Gasteiger partial charge in [0, 0.05) is 46.6 Å². The number of halogens is 1. The van der Waals surface area contributed by atoms with E-state index in [2.05, 4.69) is 31.9 Å². The van der Waals surface area contributed by atoms with E-state index in [9.17, 15) is 4.79 Å². The monoisotopic (exact) mass is 454 g/mol. The van der Waals surface area contributed by atoms with Gasteiger partial charge in [-0.3, -0.25) is 14.7 Å². The molecule has 0 N–H and O–H groups in total. The van der Waals surface area contributed by atoms with Crippen LogP contribution in [0.1, 0.15) is 21.6 Å². The third-order valence-electron chi connectivity index (χ3n) is 5.01. The van der Waals surface area contributed by atoms with E-state index >= 15 is 0 Å². The maximum Gasteiger partial charge on any atom is 0.180 e. The third-order valence-corrected chi connectivity index (χ3v) is 6.39. The first-order valence-electron chi connectivity index (χ1n) is 9.09. The molecule has 28 heavy (non-hydrogen) atoms. The lowest BCUT2D eigenvalue weighted by atomic mass is 10.1. The summed E-state index contributed by atoms with van der Waals surface area (Å²) in [6.45, 7) is 4.28. The number of Topliss-reactive ketones (excluding diaryl/α,β-unsaturated/α-hetero) is 1. The largest absolute Gasteiger partial charge is 0.311 e. The first-order valence-corrected chi connectivity index (χ1v) is 11.0. The number of fused-ring (bicyclic) bond motifs is 1. The Hall–Kier alpha value is -2.14. The average Bonchev–Trinajstić information content (AvgIpc) is 3.00. The van der Waals surface area contributed by atoms with Crippen molar-refractivity contribution in [2.75, 3.05) is 31.1 Å². The molecule has 0 aliphatic carbocycles. The molecule has 1 aliphatic heterocycles. The lowest BCUT2D eigenvalue weighted by Crippen LogP contribution is -2.36. The molecule has 4 rings (SSSR count). The van der Waals surface area contributed by atoms with E-state index in [1.165, 1.54) is 0 Å². The Balaban J connectivity index is 1.81. The fourth-order valence-corrected chi connectivity index (χ4v) is 4.95. The van der Waals surface area contributed by atoms with Crippen LogP contribution < -0.4 is 0 Å². The van der Waals surface area contributed by atoms with Gasteiger partial charge in [0.1, 0.15) is 0 Å². The van der Waals surface area contributed by atoms with E-state index in [-0.39, 0.29) is 5.78 Å². The number of carbonyl (C=O) groups excluding carboxylic acids is 1. The Labute approximate surface area is 176 Å². The van der Waals surface area contributed by atoms with Crippen LogP contribution in [0.4, 0.5) is 0 Å². The summed E-state index contributed by atoms with van der Waals surface area (Å²) in [5.41, 5.74) is 4.69. The van der Waals surface area contributed by atoms with Crippen molar-refractivity contribution in [1.82, 2.24) is 14.5 Å². The molecule has 1 aliphatic rings. The van der Waals surface area contributed by atoms with Crippen LogP contribution in [0.15, 0.2) is 41.0 Å². The average molecular weight is 455 g/mol. The number of carbonyl (C=O) groups is 1. The Bertz CT molecular complexity index is 1080. The van der Waals surface area contributed by atoms with Crippen molar-refractivity contribution in [2.24, 2.45) is 0 Å². The maximum absolute atomic E-state index is 13.2. The van der Waals surface area contributed by atoms with E-state index in [1.54, 1.807) is 18.3 Å². The number of hydrogen-bond donors (Lipinski definition) is 0. The van der Waals surface area contributed by atoms with Crippen molar-refractivity contribution in [3.8, 4) is 11.8 Å². The van der Waals surface area contributed by atoms with Gasteiger partial charge in [0.25, 0.3) is 0 Å². The second kappa shape index (κ2) is 8.08. The number of rotatable bonds is 4. The van der Waals surface area contributed by atoms with Crippen LogP contribution in [-0.2, 0) is 0 Å². The van der Waals surface area contributed by atoms with Crippen LogP contribution in [-0.4, -0.2) is 51.4 Å². The third kappa shape index (κ3) is 3.60. The van der Waals surface area contributed by atoms with Gasteiger partial charge < -0.3 is 4.57 Å².